The zero-order valence-corrected chi connectivity index (χ0v) is 13.8. The van der Waals surface area contributed by atoms with Crippen LogP contribution in [-0.4, -0.2) is 0 Å². The van der Waals surface area contributed by atoms with Crippen molar-refractivity contribution < 1.29 is 0 Å². The van der Waals surface area contributed by atoms with Gasteiger partial charge in [-0.1, -0.05) is 43.7 Å². The molecule has 2 atom stereocenters. The molecule has 2 rings (SSSR count). The molecule has 2 aromatic rings. The van der Waals surface area contributed by atoms with Gasteiger partial charge in [0, 0.05) is 21.8 Å². The van der Waals surface area contributed by atoms with E-state index in [4.69, 9.17) is 0 Å². The van der Waals surface area contributed by atoms with Gasteiger partial charge in [0.2, 0.25) is 0 Å². The van der Waals surface area contributed by atoms with Crippen molar-refractivity contribution in [3.05, 3.63) is 57.3 Å². The molecule has 0 aliphatic heterocycles. The van der Waals surface area contributed by atoms with Gasteiger partial charge in [-0.2, -0.15) is 0 Å². The zero-order chi connectivity index (χ0) is 14.5. The lowest BCUT2D eigenvalue weighted by Crippen LogP contribution is -2.23. The number of aryl methyl sites for hydroxylation is 2. The first-order valence-electron chi connectivity index (χ1n) is 7.55. The Balaban J connectivity index is 2.07. The van der Waals surface area contributed by atoms with Crippen LogP contribution in [-0.2, 0) is 6.42 Å². The molecule has 0 spiro atoms. The fourth-order valence-corrected chi connectivity index (χ4v) is 3.41. The molecule has 0 saturated heterocycles. The normalized spacial score (nSPS) is 14.2. The molecule has 0 aliphatic rings. The van der Waals surface area contributed by atoms with Crippen LogP contribution in [0.2, 0.25) is 0 Å². The molecule has 108 valence electrons. The minimum atomic E-state index is 0.409. The number of thiophene rings is 1. The maximum Gasteiger partial charge on any atom is 0.0391 e. The fourth-order valence-electron chi connectivity index (χ4n) is 2.45. The molecule has 0 radical (unpaired) electrons. The van der Waals surface area contributed by atoms with Gasteiger partial charge in [-0.15, -0.1) is 11.3 Å². The van der Waals surface area contributed by atoms with E-state index < -0.39 is 0 Å². The molecule has 2 heteroatoms. The van der Waals surface area contributed by atoms with Crippen LogP contribution in [0.25, 0.3) is 0 Å². The van der Waals surface area contributed by atoms with E-state index in [0.29, 0.717) is 12.1 Å². The highest BCUT2D eigenvalue weighted by Crippen LogP contribution is 2.27. The van der Waals surface area contributed by atoms with E-state index in [0.717, 1.165) is 12.8 Å². The Morgan fingerprint density at radius 2 is 1.75 bits per heavy atom. The largest absolute Gasteiger partial charge is 0.303 e. The molecule has 20 heavy (non-hydrogen) atoms. The van der Waals surface area contributed by atoms with Crippen molar-refractivity contribution in [2.45, 2.75) is 52.6 Å². The molecular formula is C18H25NS. The standard InChI is InChI=1S/C18H25NS/c1-5-16-11-12-18(20-16)14(4)19-17(6-2)15-9-7-13(3)8-10-15/h7-12,14,17,19H,5-6H2,1-4H3. The van der Waals surface area contributed by atoms with Gasteiger partial charge in [0.15, 0.2) is 0 Å². The molecule has 0 saturated carbocycles. The van der Waals surface area contributed by atoms with Gasteiger partial charge in [0.05, 0.1) is 0 Å². The molecule has 0 fully saturated rings. The summed E-state index contributed by atoms with van der Waals surface area (Å²) in [6.45, 7) is 8.87. The quantitative estimate of drug-likeness (QED) is 0.748. The molecule has 1 nitrogen and oxygen atoms in total. The van der Waals surface area contributed by atoms with Gasteiger partial charge in [-0.05, 0) is 44.4 Å². The van der Waals surface area contributed by atoms with E-state index in [1.807, 2.05) is 11.3 Å². The zero-order valence-electron chi connectivity index (χ0n) is 12.9. The summed E-state index contributed by atoms with van der Waals surface area (Å²) >= 11 is 1.93. The first-order valence-corrected chi connectivity index (χ1v) is 8.36. The molecule has 1 aromatic carbocycles. The first kappa shape index (κ1) is 15.3. The molecule has 1 aromatic heterocycles. The Labute approximate surface area is 127 Å². The summed E-state index contributed by atoms with van der Waals surface area (Å²) in [4.78, 5) is 2.91. The van der Waals surface area contributed by atoms with Crippen LogP contribution in [0, 0.1) is 6.92 Å². The Hall–Kier alpha value is -1.12. The lowest BCUT2D eigenvalue weighted by atomic mass is 10.0. The fraction of sp³-hybridized carbons (Fsp3) is 0.444. The Morgan fingerprint density at radius 1 is 1.05 bits per heavy atom. The third-order valence-corrected chi connectivity index (χ3v) is 5.21. The van der Waals surface area contributed by atoms with E-state index in [2.05, 4.69) is 69.4 Å². The second kappa shape index (κ2) is 7.05. The SMILES string of the molecule is CCc1ccc(C(C)NC(CC)c2ccc(C)cc2)s1. The Morgan fingerprint density at radius 3 is 2.30 bits per heavy atom. The van der Waals surface area contributed by atoms with Gasteiger partial charge in [-0.3, -0.25) is 0 Å². The van der Waals surface area contributed by atoms with E-state index in [1.165, 1.54) is 20.9 Å². The number of hydrogen-bond donors (Lipinski definition) is 1. The number of nitrogens with one attached hydrogen (secondary N) is 1. The van der Waals surface area contributed by atoms with Crippen LogP contribution < -0.4 is 5.32 Å². The minimum Gasteiger partial charge on any atom is -0.303 e. The Bertz CT molecular complexity index is 527. The van der Waals surface area contributed by atoms with Crippen LogP contribution in [0.3, 0.4) is 0 Å². The van der Waals surface area contributed by atoms with Gasteiger partial charge < -0.3 is 5.32 Å². The predicted molar refractivity (Wildman–Crippen MR) is 89.5 cm³/mol. The highest BCUT2D eigenvalue weighted by atomic mass is 32.1. The first-order chi connectivity index (χ1) is 9.63. The van der Waals surface area contributed by atoms with Crippen molar-refractivity contribution in [1.82, 2.24) is 5.32 Å². The lowest BCUT2D eigenvalue weighted by molar-refractivity contribution is 0.460. The average molecular weight is 287 g/mol. The molecule has 0 bridgehead atoms. The lowest BCUT2D eigenvalue weighted by Gasteiger charge is -2.22. The maximum absolute atomic E-state index is 3.77. The highest BCUT2D eigenvalue weighted by molar-refractivity contribution is 7.12. The maximum atomic E-state index is 3.77. The van der Waals surface area contributed by atoms with Crippen LogP contribution in [0.1, 0.15) is 60.2 Å². The second-order valence-electron chi connectivity index (χ2n) is 5.42. The van der Waals surface area contributed by atoms with Crippen LogP contribution >= 0.6 is 11.3 Å². The molecule has 0 amide bonds. The van der Waals surface area contributed by atoms with E-state index in [1.54, 1.807) is 0 Å². The molecular weight excluding hydrogens is 262 g/mol. The third-order valence-electron chi connectivity index (χ3n) is 3.80. The van der Waals surface area contributed by atoms with Gasteiger partial charge in [0.25, 0.3) is 0 Å². The average Bonchev–Trinajstić information content (AvgIpc) is 2.94. The Kier molecular flexibility index (Phi) is 5.38. The van der Waals surface area contributed by atoms with Crippen molar-refractivity contribution in [3.63, 3.8) is 0 Å². The second-order valence-corrected chi connectivity index (χ2v) is 6.62. The molecule has 1 heterocycles. The monoisotopic (exact) mass is 287 g/mol. The summed E-state index contributed by atoms with van der Waals surface area (Å²) in [6.07, 6.45) is 2.24. The molecule has 1 N–H and O–H groups in total. The minimum absolute atomic E-state index is 0.409. The van der Waals surface area contributed by atoms with Crippen LogP contribution in [0.5, 0.6) is 0 Å². The van der Waals surface area contributed by atoms with Crippen molar-refractivity contribution in [1.29, 1.82) is 0 Å². The van der Waals surface area contributed by atoms with E-state index in [9.17, 15) is 0 Å². The highest BCUT2D eigenvalue weighted by Gasteiger charge is 2.15. The molecule has 2 unspecified atom stereocenters. The summed E-state index contributed by atoms with van der Waals surface area (Å²) in [5, 5.41) is 3.77. The van der Waals surface area contributed by atoms with Gasteiger partial charge in [0.1, 0.15) is 0 Å². The van der Waals surface area contributed by atoms with Crippen molar-refractivity contribution >= 4 is 11.3 Å². The van der Waals surface area contributed by atoms with E-state index in [-0.39, 0.29) is 0 Å². The third kappa shape index (κ3) is 3.71. The van der Waals surface area contributed by atoms with Crippen LogP contribution in [0.4, 0.5) is 0 Å². The van der Waals surface area contributed by atoms with E-state index >= 15 is 0 Å². The number of benzene rings is 1. The predicted octanol–water partition coefficient (Wildman–Crippen LogP) is 5.42. The van der Waals surface area contributed by atoms with Crippen LogP contribution in [0.15, 0.2) is 36.4 Å². The van der Waals surface area contributed by atoms with Crippen molar-refractivity contribution in [2.24, 2.45) is 0 Å². The smallest absolute Gasteiger partial charge is 0.0391 e. The summed E-state index contributed by atoms with van der Waals surface area (Å²) in [6, 6.07) is 14.2. The van der Waals surface area contributed by atoms with Gasteiger partial charge in [-0.25, -0.2) is 0 Å². The van der Waals surface area contributed by atoms with Gasteiger partial charge >= 0.3 is 0 Å². The summed E-state index contributed by atoms with van der Waals surface area (Å²) in [7, 11) is 0. The number of hydrogen-bond acceptors (Lipinski definition) is 2. The van der Waals surface area contributed by atoms with Crippen molar-refractivity contribution in [2.75, 3.05) is 0 Å². The number of rotatable bonds is 6. The summed E-state index contributed by atoms with van der Waals surface area (Å²) in [5.41, 5.74) is 2.71. The van der Waals surface area contributed by atoms with Crippen molar-refractivity contribution in [3.8, 4) is 0 Å². The summed E-state index contributed by atoms with van der Waals surface area (Å²) < 4.78 is 0. The topological polar surface area (TPSA) is 12.0 Å². The summed E-state index contributed by atoms with van der Waals surface area (Å²) in [5.74, 6) is 0. The molecule has 0 aliphatic carbocycles.